The Morgan fingerprint density at radius 2 is 2.14 bits per heavy atom. The summed E-state index contributed by atoms with van der Waals surface area (Å²) in [5.74, 6) is -0.174. The molecule has 5 N–H and O–H groups in total. The van der Waals surface area contributed by atoms with E-state index in [-0.39, 0.29) is 23.0 Å². The van der Waals surface area contributed by atoms with Crippen LogP contribution in [0, 0.1) is 11.2 Å². The molecule has 35 heavy (non-hydrogen) atoms. The van der Waals surface area contributed by atoms with Gasteiger partial charge in [0.1, 0.15) is 17.6 Å². The average Bonchev–Trinajstić information content (AvgIpc) is 3.26. The van der Waals surface area contributed by atoms with E-state index >= 15 is 4.39 Å². The lowest BCUT2D eigenvalue weighted by Gasteiger charge is -2.21. The number of aromatic nitrogens is 3. The lowest BCUT2D eigenvalue weighted by molar-refractivity contribution is 0.331. The molecule has 1 aliphatic rings. The smallest absolute Gasteiger partial charge is 0.345 e. The molecule has 2 atom stereocenters. The molecule has 2 unspecified atom stereocenters. The van der Waals surface area contributed by atoms with Crippen LogP contribution in [0.1, 0.15) is 42.5 Å². The number of amidine groups is 1. The van der Waals surface area contributed by atoms with Crippen molar-refractivity contribution >= 4 is 11.5 Å². The van der Waals surface area contributed by atoms with Gasteiger partial charge in [0.05, 0.1) is 13.7 Å². The van der Waals surface area contributed by atoms with Crippen molar-refractivity contribution in [3.63, 3.8) is 0 Å². The van der Waals surface area contributed by atoms with E-state index in [1.807, 2.05) is 6.92 Å². The first kappa shape index (κ1) is 23.7. The fraction of sp³-hybridized carbons (Fsp3) is 0.261. The normalized spacial score (nSPS) is 15.6. The molecule has 0 saturated heterocycles. The number of nitrogen functional groups attached to an aromatic ring is 1. The molecule has 0 amide bonds. The summed E-state index contributed by atoms with van der Waals surface area (Å²) in [7, 11) is 1.36. The number of nitrogens with zero attached hydrogens (tertiary/aromatic N) is 4. The van der Waals surface area contributed by atoms with Gasteiger partial charge in [-0.1, -0.05) is 6.08 Å². The third-order valence-corrected chi connectivity index (χ3v) is 5.32. The van der Waals surface area contributed by atoms with Gasteiger partial charge in [-0.2, -0.15) is 20.0 Å². The number of azo groups is 1. The van der Waals surface area contributed by atoms with Gasteiger partial charge >= 0.3 is 5.69 Å². The van der Waals surface area contributed by atoms with E-state index in [2.05, 4.69) is 25.6 Å². The molecule has 2 heterocycles. The second kappa shape index (κ2) is 10.2. The van der Waals surface area contributed by atoms with E-state index in [4.69, 9.17) is 20.6 Å². The molecule has 3 aromatic rings. The second-order valence-electron chi connectivity index (χ2n) is 7.62. The minimum Gasteiger partial charge on any atom is -0.494 e. The Kier molecular flexibility index (Phi) is 6.90. The standard InChI is InChI=1S/C23H25FN8O3/c1-3-35-15-11-16(19(24)17(12-15)34-2)20(28-14-8-6-13(7-9-14)21(25)26)22-29-23(33)32(31-22)18-5-4-10-27-30-18/h4,6-12,18,20,28H,3,5H2,1-2H3,(H3,25,26)(H,29,31,33). The highest BCUT2D eigenvalue weighted by Gasteiger charge is 2.27. The number of hydrogen-bond donors (Lipinski definition) is 4. The summed E-state index contributed by atoms with van der Waals surface area (Å²) < 4.78 is 27.5. The van der Waals surface area contributed by atoms with E-state index < -0.39 is 23.7 Å². The van der Waals surface area contributed by atoms with Gasteiger partial charge in [0.25, 0.3) is 0 Å². The summed E-state index contributed by atoms with van der Waals surface area (Å²) in [6.45, 7) is 2.18. The van der Waals surface area contributed by atoms with Crippen molar-refractivity contribution in [2.75, 3.05) is 19.0 Å². The molecular formula is C23H25FN8O3. The van der Waals surface area contributed by atoms with E-state index in [1.165, 1.54) is 23.9 Å². The number of methoxy groups -OCH3 is 1. The summed E-state index contributed by atoms with van der Waals surface area (Å²) in [6, 6.07) is 8.76. The van der Waals surface area contributed by atoms with Crippen LogP contribution in [0.5, 0.6) is 11.5 Å². The monoisotopic (exact) mass is 480 g/mol. The topological polar surface area (TPSA) is 156 Å². The van der Waals surface area contributed by atoms with E-state index in [9.17, 15) is 4.79 Å². The summed E-state index contributed by atoms with van der Waals surface area (Å²) in [6.07, 6.45) is 3.16. The largest absolute Gasteiger partial charge is 0.494 e. The molecule has 0 fully saturated rings. The van der Waals surface area contributed by atoms with Crippen LogP contribution in [0.4, 0.5) is 10.1 Å². The summed E-state index contributed by atoms with van der Waals surface area (Å²) in [5.41, 5.74) is 6.30. The predicted molar refractivity (Wildman–Crippen MR) is 128 cm³/mol. The lowest BCUT2D eigenvalue weighted by Crippen LogP contribution is -2.22. The number of H-pyrrole nitrogens is 1. The van der Waals surface area contributed by atoms with E-state index in [0.29, 0.717) is 30.0 Å². The zero-order valence-electron chi connectivity index (χ0n) is 19.2. The van der Waals surface area contributed by atoms with Gasteiger partial charge in [0, 0.05) is 35.5 Å². The van der Waals surface area contributed by atoms with Gasteiger partial charge in [0.15, 0.2) is 23.6 Å². The number of ether oxygens (including phenoxy) is 2. The number of nitrogens with two attached hydrogens (primary N) is 1. The molecular weight excluding hydrogens is 455 g/mol. The molecule has 0 bridgehead atoms. The Morgan fingerprint density at radius 3 is 2.77 bits per heavy atom. The fourth-order valence-corrected chi connectivity index (χ4v) is 3.63. The molecule has 0 saturated carbocycles. The first-order chi connectivity index (χ1) is 16.9. The van der Waals surface area contributed by atoms with Crippen LogP contribution < -0.4 is 26.2 Å². The van der Waals surface area contributed by atoms with Gasteiger partial charge in [-0.15, -0.1) is 0 Å². The molecule has 12 heteroatoms. The first-order valence-electron chi connectivity index (χ1n) is 10.9. The lowest BCUT2D eigenvalue weighted by atomic mass is 10.0. The Hall–Kier alpha value is -4.48. The minimum atomic E-state index is -0.933. The molecule has 0 spiro atoms. The van der Waals surface area contributed by atoms with Crippen molar-refractivity contribution in [2.45, 2.75) is 25.6 Å². The number of aromatic amines is 1. The molecule has 11 nitrogen and oxygen atoms in total. The Balaban J connectivity index is 1.81. The molecule has 0 radical (unpaired) electrons. The van der Waals surface area contributed by atoms with Crippen LogP contribution in [-0.4, -0.2) is 34.3 Å². The summed E-state index contributed by atoms with van der Waals surface area (Å²) >= 11 is 0. The van der Waals surface area contributed by atoms with E-state index in [1.54, 1.807) is 36.5 Å². The zero-order chi connectivity index (χ0) is 24.9. The van der Waals surface area contributed by atoms with Crippen LogP contribution in [0.15, 0.2) is 63.7 Å². The number of anilines is 1. The van der Waals surface area contributed by atoms with Crippen molar-refractivity contribution in [2.24, 2.45) is 16.0 Å². The molecule has 1 aromatic heterocycles. The third kappa shape index (κ3) is 5.05. The fourth-order valence-electron chi connectivity index (χ4n) is 3.63. The third-order valence-electron chi connectivity index (χ3n) is 5.32. The highest BCUT2D eigenvalue weighted by Crippen LogP contribution is 2.35. The molecule has 182 valence electrons. The molecule has 2 aromatic carbocycles. The Bertz CT molecular complexity index is 1330. The maximum Gasteiger partial charge on any atom is 0.345 e. The first-order valence-corrected chi connectivity index (χ1v) is 10.9. The Morgan fingerprint density at radius 1 is 1.37 bits per heavy atom. The van der Waals surface area contributed by atoms with Crippen molar-refractivity contribution in [1.82, 2.24) is 14.8 Å². The van der Waals surface area contributed by atoms with Gasteiger partial charge in [-0.25, -0.2) is 9.18 Å². The quantitative estimate of drug-likeness (QED) is 0.271. The van der Waals surface area contributed by atoms with Crippen LogP contribution in [-0.2, 0) is 0 Å². The predicted octanol–water partition coefficient (Wildman–Crippen LogP) is 3.47. The second-order valence-corrected chi connectivity index (χ2v) is 7.62. The van der Waals surface area contributed by atoms with Crippen LogP contribution in [0.3, 0.4) is 0 Å². The van der Waals surface area contributed by atoms with Gasteiger partial charge in [-0.05, 0) is 37.3 Å². The van der Waals surface area contributed by atoms with Crippen molar-refractivity contribution in [3.8, 4) is 11.5 Å². The Labute approximate surface area is 200 Å². The average molecular weight is 481 g/mol. The van der Waals surface area contributed by atoms with Crippen molar-refractivity contribution < 1.29 is 13.9 Å². The van der Waals surface area contributed by atoms with E-state index in [0.717, 1.165) is 0 Å². The number of halogens is 1. The number of nitrogens with one attached hydrogen (secondary N) is 3. The summed E-state index contributed by atoms with van der Waals surface area (Å²) in [5, 5.41) is 23.1. The van der Waals surface area contributed by atoms with Gasteiger partial charge in [0.2, 0.25) is 0 Å². The molecule has 4 rings (SSSR count). The molecule has 1 aliphatic heterocycles. The van der Waals surface area contributed by atoms with Crippen LogP contribution in [0.2, 0.25) is 0 Å². The highest BCUT2D eigenvalue weighted by molar-refractivity contribution is 5.95. The molecule has 0 aliphatic carbocycles. The van der Waals surface area contributed by atoms with Crippen LogP contribution >= 0.6 is 0 Å². The number of rotatable bonds is 9. The SMILES string of the molecule is CCOc1cc(OC)c(F)c(C(Nc2ccc(C(=N)N)cc2)c2nn(C3CC=CN=N3)c(=O)[nH]2)c1. The number of benzene rings is 2. The maximum atomic E-state index is 15.5. The van der Waals surface area contributed by atoms with Gasteiger partial charge in [-0.3, -0.25) is 10.4 Å². The zero-order valence-corrected chi connectivity index (χ0v) is 19.2. The van der Waals surface area contributed by atoms with Crippen LogP contribution in [0.25, 0.3) is 0 Å². The highest BCUT2D eigenvalue weighted by atomic mass is 19.1. The number of hydrogen-bond acceptors (Lipinski definition) is 8. The summed E-state index contributed by atoms with van der Waals surface area (Å²) in [4.78, 5) is 15.4. The maximum absolute atomic E-state index is 15.5. The van der Waals surface area contributed by atoms with Gasteiger partial charge < -0.3 is 20.5 Å². The van der Waals surface area contributed by atoms with Crippen molar-refractivity contribution in [1.29, 1.82) is 5.41 Å². The van der Waals surface area contributed by atoms with Crippen molar-refractivity contribution in [3.05, 3.63) is 81.9 Å². The minimum absolute atomic E-state index is 0.0160.